The Morgan fingerprint density at radius 3 is 3.05 bits per heavy atom. The van der Waals surface area contributed by atoms with Crippen molar-refractivity contribution in [1.29, 1.82) is 0 Å². The van der Waals surface area contributed by atoms with Gasteiger partial charge in [-0.1, -0.05) is 6.92 Å². The number of carbonyl (C=O) groups excluding carboxylic acids is 1. The number of benzene rings is 1. The van der Waals surface area contributed by atoms with Crippen LogP contribution >= 0.6 is 12.4 Å². The Hall–Kier alpha value is -1.52. The summed E-state index contributed by atoms with van der Waals surface area (Å²) in [6.07, 6.45) is 4.96. The maximum atomic E-state index is 12.2. The Labute approximate surface area is 137 Å². The summed E-state index contributed by atoms with van der Waals surface area (Å²) in [7, 11) is 0. The van der Waals surface area contributed by atoms with Crippen molar-refractivity contribution in [1.82, 2.24) is 10.3 Å². The molecule has 0 saturated carbocycles. The first-order valence-electron chi connectivity index (χ1n) is 7.80. The van der Waals surface area contributed by atoms with Gasteiger partial charge >= 0.3 is 0 Å². The first-order valence-corrected chi connectivity index (χ1v) is 7.80. The molecule has 1 aromatic heterocycles. The maximum Gasteiger partial charge on any atom is 0.224 e. The second kappa shape index (κ2) is 7.65. The number of carbonyl (C=O) groups is 1. The first-order chi connectivity index (χ1) is 10.2. The number of H-pyrrole nitrogens is 1. The summed E-state index contributed by atoms with van der Waals surface area (Å²) in [6, 6.07) is 7.97. The molecule has 1 aliphatic rings. The van der Waals surface area contributed by atoms with Crippen molar-refractivity contribution in [2.45, 2.75) is 26.2 Å². The summed E-state index contributed by atoms with van der Waals surface area (Å²) >= 11 is 0. The molecule has 2 aromatic rings. The van der Waals surface area contributed by atoms with E-state index in [-0.39, 0.29) is 18.3 Å². The first kappa shape index (κ1) is 16.8. The van der Waals surface area contributed by atoms with Gasteiger partial charge in [-0.25, -0.2) is 0 Å². The van der Waals surface area contributed by atoms with Crippen LogP contribution in [-0.2, 0) is 4.79 Å². The van der Waals surface area contributed by atoms with E-state index in [1.165, 1.54) is 12.8 Å². The normalized spacial score (nSPS) is 19.4. The third kappa shape index (κ3) is 4.02. The van der Waals surface area contributed by atoms with Gasteiger partial charge in [0.05, 0.1) is 0 Å². The highest BCUT2D eigenvalue weighted by Gasteiger charge is 2.22. The topological polar surface area (TPSA) is 56.9 Å². The molecule has 0 bridgehead atoms. The molecule has 1 aliphatic heterocycles. The number of aromatic nitrogens is 1. The predicted octanol–water partition coefficient (Wildman–Crippen LogP) is 3.55. The van der Waals surface area contributed by atoms with Crippen LogP contribution < -0.4 is 10.6 Å². The number of hydrogen-bond acceptors (Lipinski definition) is 2. The molecule has 1 fully saturated rings. The monoisotopic (exact) mass is 321 g/mol. The number of fused-ring (bicyclic) bond motifs is 1. The molecule has 0 aliphatic carbocycles. The van der Waals surface area contributed by atoms with E-state index in [4.69, 9.17) is 0 Å². The molecule has 5 heteroatoms. The highest BCUT2D eigenvalue weighted by molar-refractivity contribution is 5.93. The van der Waals surface area contributed by atoms with Gasteiger partial charge in [0.15, 0.2) is 0 Å². The molecule has 2 heterocycles. The van der Waals surface area contributed by atoms with Crippen molar-refractivity contribution in [3.05, 3.63) is 30.5 Å². The van der Waals surface area contributed by atoms with Gasteiger partial charge in [0, 0.05) is 29.2 Å². The number of halogens is 1. The van der Waals surface area contributed by atoms with Gasteiger partial charge in [-0.05, 0) is 62.0 Å². The number of hydrogen-bond donors (Lipinski definition) is 3. The zero-order chi connectivity index (χ0) is 14.7. The molecule has 0 spiro atoms. The summed E-state index contributed by atoms with van der Waals surface area (Å²) in [4.78, 5) is 15.4. The third-order valence-electron chi connectivity index (χ3n) is 4.48. The molecule has 1 aromatic carbocycles. The van der Waals surface area contributed by atoms with Gasteiger partial charge in [0.25, 0.3) is 0 Å². The van der Waals surface area contributed by atoms with Crippen LogP contribution in [0.2, 0.25) is 0 Å². The molecule has 22 heavy (non-hydrogen) atoms. The van der Waals surface area contributed by atoms with Gasteiger partial charge in [0.1, 0.15) is 0 Å². The van der Waals surface area contributed by atoms with E-state index in [0.717, 1.165) is 29.7 Å². The molecule has 2 atom stereocenters. The smallest absolute Gasteiger partial charge is 0.224 e. The van der Waals surface area contributed by atoms with Crippen LogP contribution in [0, 0.1) is 11.8 Å². The number of aromatic amines is 1. The predicted molar refractivity (Wildman–Crippen MR) is 93.6 cm³/mol. The molecule has 4 nitrogen and oxygen atoms in total. The quantitative estimate of drug-likeness (QED) is 0.806. The van der Waals surface area contributed by atoms with Crippen LogP contribution in [0.1, 0.15) is 26.2 Å². The van der Waals surface area contributed by atoms with E-state index >= 15 is 0 Å². The average Bonchev–Trinajstić information content (AvgIpc) is 2.95. The Morgan fingerprint density at radius 2 is 2.27 bits per heavy atom. The van der Waals surface area contributed by atoms with Crippen molar-refractivity contribution in [3.8, 4) is 0 Å². The number of nitrogens with one attached hydrogen (secondary N) is 3. The minimum atomic E-state index is 0. The van der Waals surface area contributed by atoms with Crippen molar-refractivity contribution >= 4 is 34.9 Å². The number of anilines is 1. The van der Waals surface area contributed by atoms with Crippen molar-refractivity contribution in [2.24, 2.45) is 11.8 Å². The molecule has 1 amide bonds. The van der Waals surface area contributed by atoms with Crippen LogP contribution in [0.5, 0.6) is 0 Å². The Balaban J connectivity index is 0.00000176. The fourth-order valence-electron chi connectivity index (χ4n) is 3.17. The van der Waals surface area contributed by atoms with Crippen LogP contribution in [0.3, 0.4) is 0 Å². The van der Waals surface area contributed by atoms with E-state index in [9.17, 15) is 4.79 Å². The minimum absolute atomic E-state index is 0. The van der Waals surface area contributed by atoms with Crippen LogP contribution in [-0.4, -0.2) is 24.0 Å². The van der Waals surface area contributed by atoms with E-state index in [1.807, 2.05) is 30.5 Å². The lowest BCUT2D eigenvalue weighted by molar-refractivity contribution is -0.117. The fraction of sp³-hybridized carbons (Fsp3) is 0.471. The lowest BCUT2D eigenvalue weighted by Gasteiger charge is -2.28. The molecule has 3 N–H and O–H groups in total. The van der Waals surface area contributed by atoms with E-state index < -0.39 is 0 Å². The zero-order valence-corrected chi connectivity index (χ0v) is 13.7. The highest BCUT2D eigenvalue weighted by atomic mass is 35.5. The molecular weight excluding hydrogens is 298 g/mol. The van der Waals surface area contributed by atoms with Gasteiger partial charge in [-0.15, -0.1) is 12.4 Å². The summed E-state index contributed by atoms with van der Waals surface area (Å²) in [5.74, 6) is 1.16. The SMILES string of the molecule is CC(CC(=O)Nc1ccc2[nH]ccc2c1)C1CCCNC1.Cl. The highest BCUT2D eigenvalue weighted by Crippen LogP contribution is 2.23. The zero-order valence-electron chi connectivity index (χ0n) is 12.9. The molecule has 0 radical (unpaired) electrons. The summed E-state index contributed by atoms with van der Waals surface area (Å²) < 4.78 is 0. The van der Waals surface area contributed by atoms with E-state index in [2.05, 4.69) is 22.5 Å². The molecule has 3 rings (SSSR count). The van der Waals surface area contributed by atoms with Gasteiger partial charge in [-0.3, -0.25) is 4.79 Å². The summed E-state index contributed by atoms with van der Waals surface area (Å²) in [5.41, 5.74) is 1.97. The van der Waals surface area contributed by atoms with Crippen molar-refractivity contribution in [2.75, 3.05) is 18.4 Å². The number of rotatable bonds is 4. The minimum Gasteiger partial charge on any atom is -0.361 e. The van der Waals surface area contributed by atoms with E-state index in [0.29, 0.717) is 18.3 Å². The van der Waals surface area contributed by atoms with Gasteiger partial charge in [0.2, 0.25) is 5.91 Å². The van der Waals surface area contributed by atoms with Crippen LogP contribution in [0.15, 0.2) is 30.5 Å². The summed E-state index contributed by atoms with van der Waals surface area (Å²) in [5, 5.41) is 7.56. The molecule has 120 valence electrons. The van der Waals surface area contributed by atoms with Gasteiger partial charge < -0.3 is 15.6 Å². The largest absolute Gasteiger partial charge is 0.361 e. The molecule has 2 unspecified atom stereocenters. The lowest BCUT2D eigenvalue weighted by Crippen LogP contribution is -2.34. The Kier molecular flexibility index (Phi) is 5.86. The van der Waals surface area contributed by atoms with E-state index in [1.54, 1.807) is 0 Å². The second-order valence-electron chi connectivity index (χ2n) is 6.12. The number of piperidine rings is 1. The van der Waals surface area contributed by atoms with Crippen molar-refractivity contribution in [3.63, 3.8) is 0 Å². The fourth-order valence-corrected chi connectivity index (χ4v) is 3.17. The standard InChI is InChI=1S/C17H23N3O.ClH/c1-12(14-3-2-7-18-11-14)9-17(21)20-15-4-5-16-13(10-15)6-8-19-16;/h4-6,8,10,12,14,18-19H,2-3,7,9,11H2,1H3,(H,20,21);1H. The molecule has 1 saturated heterocycles. The Bertz CT molecular complexity index is 619. The molecular formula is C17H24ClN3O. The second-order valence-corrected chi connectivity index (χ2v) is 6.12. The maximum absolute atomic E-state index is 12.2. The summed E-state index contributed by atoms with van der Waals surface area (Å²) in [6.45, 7) is 4.35. The van der Waals surface area contributed by atoms with Crippen molar-refractivity contribution < 1.29 is 4.79 Å². The Morgan fingerprint density at radius 1 is 1.41 bits per heavy atom. The van der Waals surface area contributed by atoms with Crippen LogP contribution in [0.25, 0.3) is 10.9 Å². The van der Waals surface area contributed by atoms with Crippen LogP contribution in [0.4, 0.5) is 5.69 Å². The van der Waals surface area contributed by atoms with Gasteiger partial charge in [-0.2, -0.15) is 0 Å². The third-order valence-corrected chi connectivity index (χ3v) is 4.48. The average molecular weight is 322 g/mol. The number of amides is 1. The lowest BCUT2D eigenvalue weighted by atomic mass is 9.85.